The number of hydrogen-bond acceptors (Lipinski definition) is 5. The van der Waals surface area contributed by atoms with Crippen LogP contribution in [0, 0.1) is 0 Å². The lowest BCUT2D eigenvalue weighted by molar-refractivity contribution is -0.119. The Hall–Kier alpha value is -0.980. The number of piperidine rings is 1. The van der Waals surface area contributed by atoms with Gasteiger partial charge in [-0.05, 0) is 12.8 Å². The van der Waals surface area contributed by atoms with Crippen molar-refractivity contribution in [3.8, 4) is 0 Å². The van der Waals surface area contributed by atoms with Crippen LogP contribution < -0.4 is 11.1 Å². The second-order valence-electron chi connectivity index (χ2n) is 4.38. The van der Waals surface area contributed by atoms with Gasteiger partial charge in [-0.1, -0.05) is 0 Å². The maximum Gasteiger partial charge on any atom is 0.231 e. The second kappa shape index (κ2) is 6.09. The van der Waals surface area contributed by atoms with Gasteiger partial charge in [0.25, 0.3) is 0 Å². The average Bonchev–Trinajstić information content (AvgIpc) is 2.80. The van der Waals surface area contributed by atoms with Crippen molar-refractivity contribution in [2.45, 2.75) is 25.4 Å². The third-order valence-electron chi connectivity index (χ3n) is 3.02. The van der Waals surface area contributed by atoms with Crippen molar-refractivity contribution < 1.29 is 4.79 Å². The van der Waals surface area contributed by atoms with Crippen LogP contribution in [0.4, 0.5) is 0 Å². The number of carbonyl (C=O) groups excluding carboxylic acids is 1. The molecule has 1 aliphatic heterocycles. The van der Waals surface area contributed by atoms with Gasteiger partial charge in [-0.25, -0.2) is 4.98 Å². The Morgan fingerprint density at radius 3 is 2.94 bits per heavy atom. The van der Waals surface area contributed by atoms with Gasteiger partial charge in [0, 0.05) is 31.1 Å². The summed E-state index contributed by atoms with van der Waals surface area (Å²) in [5, 5.41) is 5.56. The van der Waals surface area contributed by atoms with E-state index in [-0.39, 0.29) is 5.91 Å². The summed E-state index contributed by atoms with van der Waals surface area (Å²) < 4.78 is 0. The molecule has 3 N–H and O–H groups in total. The van der Waals surface area contributed by atoms with Crippen molar-refractivity contribution in [2.75, 3.05) is 19.6 Å². The number of nitrogens with zero attached hydrogens (tertiary/aromatic N) is 2. The van der Waals surface area contributed by atoms with Crippen molar-refractivity contribution in [1.29, 1.82) is 0 Å². The van der Waals surface area contributed by atoms with Crippen LogP contribution in [0.5, 0.6) is 0 Å². The van der Waals surface area contributed by atoms with E-state index in [1.807, 2.05) is 5.51 Å². The van der Waals surface area contributed by atoms with E-state index in [2.05, 4.69) is 20.6 Å². The van der Waals surface area contributed by atoms with Crippen molar-refractivity contribution in [1.82, 2.24) is 15.2 Å². The molecule has 0 aromatic carbocycles. The summed E-state index contributed by atoms with van der Waals surface area (Å²) in [6, 6.07) is 0.529. The average molecular weight is 254 g/mol. The lowest BCUT2D eigenvalue weighted by atomic mass is 10.1. The third-order valence-corrected chi connectivity index (χ3v) is 3.66. The first-order valence-corrected chi connectivity index (χ1v) is 6.79. The molecule has 2 rings (SSSR count). The molecule has 1 saturated heterocycles. The molecule has 6 heteroatoms. The van der Waals surface area contributed by atoms with Crippen molar-refractivity contribution in [2.24, 2.45) is 5.73 Å². The smallest absolute Gasteiger partial charge is 0.231 e. The van der Waals surface area contributed by atoms with Gasteiger partial charge < -0.3 is 11.1 Å². The molecule has 1 aromatic rings. The van der Waals surface area contributed by atoms with Gasteiger partial charge >= 0.3 is 0 Å². The molecule has 0 radical (unpaired) electrons. The SMILES string of the molecule is NC(=O)CN1CCC(NCc2cscn2)CC1. The summed E-state index contributed by atoms with van der Waals surface area (Å²) in [7, 11) is 0. The number of primary amides is 1. The number of thiazole rings is 1. The molecule has 94 valence electrons. The molecule has 0 atom stereocenters. The zero-order valence-corrected chi connectivity index (χ0v) is 10.6. The predicted molar refractivity (Wildman–Crippen MR) is 67.6 cm³/mol. The normalized spacial score (nSPS) is 18.4. The molecule has 0 spiro atoms. The molecular formula is C11H18N4OS. The van der Waals surface area contributed by atoms with E-state index in [4.69, 9.17) is 5.73 Å². The largest absolute Gasteiger partial charge is 0.369 e. The van der Waals surface area contributed by atoms with Crippen LogP contribution in [0.15, 0.2) is 10.9 Å². The van der Waals surface area contributed by atoms with Crippen LogP contribution in [0.2, 0.25) is 0 Å². The lowest BCUT2D eigenvalue weighted by Crippen LogP contribution is -2.45. The molecule has 0 unspecified atom stereocenters. The number of rotatable bonds is 5. The fourth-order valence-electron chi connectivity index (χ4n) is 2.09. The van der Waals surface area contributed by atoms with Gasteiger partial charge in [0.2, 0.25) is 5.91 Å². The Morgan fingerprint density at radius 2 is 2.35 bits per heavy atom. The minimum absolute atomic E-state index is 0.237. The molecule has 1 aliphatic rings. The van der Waals surface area contributed by atoms with Gasteiger partial charge in [0.15, 0.2) is 0 Å². The van der Waals surface area contributed by atoms with E-state index < -0.39 is 0 Å². The molecule has 5 nitrogen and oxygen atoms in total. The number of likely N-dealkylation sites (tertiary alicyclic amines) is 1. The molecule has 17 heavy (non-hydrogen) atoms. The number of hydrogen-bond donors (Lipinski definition) is 2. The molecule has 1 fully saturated rings. The van der Waals surface area contributed by atoms with Crippen LogP contribution in [0.3, 0.4) is 0 Å². The highest BCUT2D eigenvalue weighted by molar-refractivity contribution is 7.07. The first kappa shape index (κ1) is 12.5. The number of amides is 1. The second-order valence-corrected chi connectivity index (χ2v) is 5.10. The quantitative estimate of drug-likeness (QED) is 0.786. The minimum Gasteiger partial charge on any atom is -0.369 e. The minimum atomic E-state index is -0.237. The molecule has 0 bridgehead atoms. The number of carbonyl (C=O) groups is 1. The van der Waals surface area contributed by atoms with Gasteiger partial charge in [0.05, 0.1) is 17.7 Å². The summed E-state index contributed by atoms with van der Waals surface area (Å²) in [4.78, 5) is 17.1. The monoisotopic (exact) mass is 254 g/mol. The summed E-state index contributed by atoms with van der Waals surface area (Å²) >= 11 is 1.62. The standard InChI is InChI=1S/C11H18N4OS/c12-11(16)6-15-3-1-9(2-4-15)13-5-10-7-17-8-14-10/h7-9,13H,1-6H2,(H2,12,16). The van der Waals surface area contributed by atoms with E-state index in [1.54, 1.807) is 11.3 Å². The Morgan fingerprint density at radius 1 is 1.59 bits per heavy atom. The Kier molecular flexibility index (Phi) is 4.47. The van der Waals surface area contributed by atoms with Crippen molar-refractivity contribution >= 4 is 17.2 Å². The molecule has 0 aliphatic carbocycles. The summed E-state index contributed by atoms with van der Waals surface area (Å²) in [6.07, 6.45) is 2.13. The topological polar surface area (TPSA) is 71.2 Å². The molecule has 0 saturated carbocycles. The lowest BCUT2D eigenvalue weighted by Gasteiger charge is -2.31. The third kappa shape index (κ3) is 4.07. The highest BCUT2D eigenvalue weighted by Gasteiger charge is 2.19. The van der Waals surface area contributed by atoms with Gasteiger partial charge in [-0.15, -0.1) is 11.3 Å². The first-order valence-electron chi connectivity index (χ1n) is 5.85. The van der Waals surface area contributed by atoms with E-state index in [9.17, 15) is 4.79 Å². The summed E-state index contributed by atoms with van der Waals surface area (Å²) in [5.74, 6) is -0.237. The van der Waals surface area contributed by atoms with E-state index in [1.165, 1.54) is 0 Å². The molecule has 1 amide bonds. The van der Waals surface area contributed by atoms with Gasteiger partial charge in [0.1, 0.15) is 0 Å². The highest BCUT2D eigenvalue weighted by atomic mass is 32.1. The Bertz CT molecular complexity index is 346. The van der Waals surface area contributed by atoms with E-state index >= 15 is 0 Å². The maximum atomic E-state index is 10.8. The van der Waals surface area contributed by atoms with E-state index in [0.717, 1.165) is 38.2 Å². The van der Waals surface area contributed by atoms with Crippen LogP contribution >= 0.6 is 11.3 Å². The fourth-order valence-corrected chi connectivity index (χ4v) is 2.65. The van der Waals surface area contributed by atoms with Crippen LogP contribution in [0.1, 0.15) is 18.5 Å². The number of nitrogens with one attached hydrogen (secondary N) is 1. The predicted octanol–water partition coefficient (Wildman–Crippen LogP) is 0.182. The Labute approximate surface area is 105 Å². The number of aromatic nitrogens is 1. The van der Waals surface area contributed by atoms with Crippen LogP contribution in [-0.4, -0.2) is 41.5 Å². The highest BCUT2D eigenvalue weighted by Crippen LogP contribution is 2.10. The molecular weight excluding hydrogens is 236 g/mol. The number of nitrogens with two attached hydrogens (primary N) is 1. The van der Waals surface area contributed by atoms with Crippen molar-refractivity contribution in [3.63, 3.8) is 0 Å². The Balaban J connectivity index is 1.67. The zero-order valence-electron chi connectivity index (χ0n) is 9.76. The maximum absolute atomic E-state index is 10.8. The van der Waals surface area contributed by atoms with Gasteiger partial charge in [-0.2, -0.15) is 0 Å². The fraction of sp³-hybridized carbons (Fsp3) is 0.636. The molecule has 1 aromatic heterocycles. The van der Waals surface area contributed by atoms with E-state index in [0.29, 0.717) is 12.6 Å². The molecule has 2 heterocycles. The zero-order chi connectivity index (χ0) is 12.1. The van der Waals surface area contributed by atoms with Crippen LogP contribution in [0.25, 0.3) is 0 Å². The first-order chi connectivity index (χ1) is 8.24. The summed E-state index contributed by atoms with van der Waals surface area (Å²) in [5.41, 5.74) is 8.14. The van der Waals surface area contributed by atoms with Crippen molar-refractivity contribution in [3.05, 3.63) is 16.6 Å². The summed E-state index contributed by atoms with van der Waals surface area (Å²) in [6.45, 7) is 3.11. The van der Waals surface area contributed by atoms with Gasteiger partial charge in [-0.3, -0.25) is 9.69 Å². The van der Waals surface area contributed by atoms with Crippen LogP contribution in [-0.2, 0) is 11.3 Å².